The van der Waals surface area contributed by atoms with Crippen LogP contribution in [0, 0.1) is 0 Å². The molecule has 0 saturated carbocycles. The second kappa shape index (κ2) is 3.96. The second-order valence-corrected chi connectivity index (χ2v) is 3.06. The zero-order valence-corrected chi connectivity index (χ0v) is 7.72. The Bertz CT molecular complexity index is 346. The highest BCUT2D eigenvalue weighted by molar-refractivity contribution is 5.89. The molecule has 14 heavy (non-hydrogen) atoms. The zero-order valence-electron chi connectivity index (χ0n) is 7.72. The molecule has 3 heteroatoms. The summed E-state index contributed by atoms with van der Waals surface area (Å²) in [4.78, 5) is 16.6. The molecule has 0 aliphatic carbocycles. The fourth-order valence-electron chi connectivity index (χ4n) is 1.28. The summed E-state index contributed by atoms with van der Waals surface area (Å²) >= 11 is 0. The molecule has 0 N–H and O–H groups in total. The van der Waals surface area contributed by atoms with Gasteiger partial charge in [0.05, 0.1) is 12.1 Å². The van der Waals surface area contributed by atoms with Crippen molar-refractivity contribution in [2.45, 2.75) is 6.42 Å². The van der Waals surface area contributed by atoms with Gasteiger partial charge < -0.3 is 4.84 Å². The molecule has 0 atom stereocenters. The van der Waals surface area contributed by atoms with Crippen LogP contribution in [0.25, 0.3) is 0 Å². The Morgan fingerprint density at radius 2 is 2.07 bits per heavy atom. The number of hydroxylamine groups is 2. The number of nitrogens with zero attached hydrogens (tertiary/aromatic N) is 1. The van der Waals surface area contributed by atoms with Crippen LogP contribution in [0.15, 0.2) is 42.6 Å². The largest absolute Gasteiger partial charge is 0.363 e. The first kappa shape index (κ1) is 8.81. The number of hydrogen-bond donors (Lipinski definition) is 0. The van der Waals surface area contributed by atoms with E-state index in [1.54, 1.807) is 23.4 Å². The van der Waals surface area contributed by atoms with Crippen LogP contribution >= 0.6 is 0 Å². The molecule has 1 heterocycles. The van der Waals surface area contributed by atoms with Crippen LogP contribution in [0.5, 0.6) is 0 Å². The molecule has 1 aliphatic heterocycles. The highest BCUT2D eigenvalue weighted by Crippen LogP contribution is 2.08. The van der Waals surface area contributed by atoms with Gasteiger partial charge in [-0.1, -0.05) is 24.3 Å². The predicted molar refractivity (Wildman–Crippen MR) is 52.3 cm³/mol. The summed E-state index contributed by atoms with van der Waals surface area (Å²) in [5.41, 5.74) is 0.577. The molecule has 0 fully saturated rings. The van der Waals surface area contributed by atoms with E-state index in [0.29, 0.717) is 5.56 Å². The SMILES string of the molecule is O=C(ON1C=CCC1)c1ccccc1. The van der Waals surface area contributed by atoms with Gasteiger partial charge in [0.15, 0.2) is 0 Å². The number of rotatable bonds is 2. The lowest BCUT2D eigenvalue weighted by Gasteiger charge is -2.13. The Labute approximate surface area is 82.5 Å². The van der Waals surface area contributed by atoms with Crippen molar-refractivity contribution in [1.82, 2.24) is 5.06 Å². The summed E-state index contributed by atoms with van der Waals surface area (Å²) in [6.07, 6.45) is 4.68. The molecule has 0 spiro atoms. The molecule has 1 aromatic rings. The van der Waals surface area contributed by atoms with E-state index in [-0.39, 0.29) is 5.97 Å². The van der Waals surface area contributed by atoms with Crippen molar-refractivity contribution in [3.63, 3.8) is 0 Å². The Kier molecular flexibility index (Phi) is 2.49. The topological polar surface area (TPSA) is 29.5 Å². The van der Waals surface area contributed by atoms with Gasteiger partial charge in [-0.3, -0.25) is 0 Å². The molecule has 0 saturated heterocycles. The van der Waals surface area contributed by atoms with Crippen molar-refractivity contribution in [2.24, 2.45) is 0 Å². The first-order chi connectivity index (χ1) is 6.86. The van der Waals surface area contributed by atoms with Crippen molar-refractivity contribution < 1.29 is 9.63 Å². The van der Waals surface area contributed by atoms with Gasteiger partial charge in [-0.2, -0.15) is 0 Å². The first-order valence-corrected chi connectivity index (χ1v) is 4.57. The Morgan fingerprint density at radius 1 is 1.29 bits per heavy atom. The molecule has 2 rings (SSSR count). The number of carbonyl (C=O) groups is 1. The number of hydrogen-bond acceptors (Lipinski definition) is 3. The van der Waals surface area contributed by atoms with Gasteiger partial charge in [-0.25, -0.2) is 9.86 Å². The molecule has 0 unspecified atom stereocenters. The van der Waals surface area contributed by atoms with Crippen molar-refractivity contribution in [3.05, 3.63) is 48.2 Å². The highest BCUT2D eigenvalue weighted by Gasteiger charge is 2.12. The van der Waals surface area contributed by atoms with Crippen LogP contribution < -0.4 is 0 Å². The maximum Gasteiger partial charge on any atom is 0.363 e. The first-order valence-electron chi connectivity index (χ1n) is 4.57. The third-order valence-electron chi connectivity index (χ3n) is 2.00. The van der Waals surface area contributed by atoms with Gasteiger partial charge in [-0.05, 0) is 18.6 Å². The molecule has 0 aromatic heterocycles. The lowest BCUT2D eigenvalue weighted by molar-refractivity contribution is -0.0667. The minimum absolute atomic E-state index is 0.308. The standard InChI is InChI=1S/C11H11NO2/c13-11(10-6-2-1-3-7-10)14-12-8-4-5-9-12/h1-4,6-8H,5,9H2. The van der Waals surface area contributed by atoms with Gasteiger partial charge in [0, 0.05) is 6.20 Å². The van der Waals surface area contributed by atoms with E-state index in [0.717, 1.165) is 13.0 Å². The van der Waals surface area contributed by atoms with Crippen molar-refractivity contribution in [1.29, 1.82) is 0 Å². The molecule has 0 amide bonds. The Morgan fingerprint density at radius 3 is 2.71 bits per heavy atom. The molecule has 72 valence electrons. The van der Waals surface area contributed by atoms with Gasteiger partial charge in [-0.15, -0.1) is 0 Å². The number of carbonyl (C=O) groups excluding carboxylic acids is 1. The fourth-order valence-corrected chi connectivity index (χ4v) is 1.28. The fraction of sp³-hybridized carbons (Fsp3) is 0.182. The van der Waals surface area contributed by atoms with E-state index in [1.807, 2.05) is 24.3 Å². The lowest BCUT2D eigenvalue weighted by Crippen LogP contribution is -2.20. The molecule has 0 radical (unpaired) electrons. The summed E-state index contributed by atoms with van der Waals surface area (Å²) in [5.74, 6) is -0.308. The third-order valence-corrected chi connectivity index (χ3v) is 2.00. The maximum absolute atomic E-state index is 11.5. The van der Waals surface area contributed by atoms with E-state index in [4.69, 9.17) is 4.84 Å². The average molecular weight is 189 g/mol. The molecule has 3 nitrogen and oxygen atoms in total. The Hall–Kier alpha value is -1.77. The van der Waals surface area contributed by atoms with E-state index >= 15 is 0 Å². The molecular weight excluding hydrogens is 178 g/mol. The van der Waals surface area contributed by atoms with Crippen LogP contribution in [0.2, 0.25) is 0 Å². The van der Waals surface area contributed by atoms with E-state index in [2.05, 4.69) is 0 Å². The smallest absolute Gasteiger partial charge is 0.336 e. The molecule has 1 aromatic carbocycles. The normalized spacial score (nSPS) is 14.4. The summed E-state index contributed by atoms with van der Waals surface area (Å²) in [6, 6.07) is 8.98. The third kappa shape index (κ3) is 1.93. The maximum atomic E-state index is 11.5. The predicted octanol–water partition coefficient (Wildman–Crippen LogP) is 1.98. The number of benzene rings is 1. The van der Waals surface area contributed by atoms with Gasteiger partial charge in [0.1, 0.15) is 0 Å². The summed E-state index contributed by atoms with van der Waals surface area (Å²) in [5, 5.41) is 1.55. The zero-order chi connectivity index (χ0) is 9.80. The van der Waals surface area contributed by atoms with E-state index < -0.39 is 0 Å². The summed E-state index contributed by atoms with van der Waals surface area (Å²) in [7, 11) is 0. The average Bonchev–Trinajstić information content (AvgIpc) is 2.72. The van der Waals surface area contributed by atoms with Crippen LogP contribution in [0.4, 0.5) is 0 Å². The Balaban J connectivity index is 1.99. The van der Waals surface area contributed by atoms with Crippen molar-refractivity contribution in [3.8, 4) is 0 Å². The van der Waals surface area contributed by atoms with Gasteiger partial charge >= 0.3 is 5.97 Å². The molecule has 0 bridgehead atoms. The summed E-state index contributed by atoms with van der Waals surface area (Å²) < 4.78 is 0. The monoisotopic (exact) mass is 189 g/mol. The summed E-state index contributed by atoms with van der Waals surface area (Å²) in [6.45, 7) is 0.749. The molecular formula is C11H11NO2. The van der Waals surface area contributed by atoms with Crippen LogP contribution in [0.3, 0.4) is 0 Å². The lowest BCUT2D eigenvalue weighted by atomic mass is 10.2. The van der Waals surface area contributed by atoms with Gasteiger partial charge in [0.2, 0.25) is 0 Å². The van der Waals surface area contributed by atoms with Crippen molar-refractivity contribution in [2.75, 3.05) is 6.54 Å². The highest BCUT2D eigenvalue weighted by atomic mass is 16.7. The quantitative estimate of drug-likeness (QED) is 0.712. The van der Waals surface area contributed by atoms with Crippen LogP contribution in [-0.2, 0) is 4.84 Å². The minimum atomic E-state index is -0.308. The minimum Gasteiger partial charge on any atom is -0.336 e. The van der Waals surface area contributed by atoms with E-state index in [1.165, 1.54) is 0 Å². The second-order valence-electron chi connectivity index (χ2n) is 3.06. The molecule has 1 aliphatic rings. The van der Waals surface area contributed by atoms with Crippen molar-refractivity contribution >= 4 is 5.97 Å². The van der Waals surface area contributed by atoms with Crippen LogP contribution in [0.1, 0.15) is 16.8 Å². The van der Waals surface area contributed by atoms with Crippen LogP contribution in [-0.4, -0.2) is 17.6 Å². The van der Waals surface area contributed by atoms with E-state index in [9.17, 15) is 4.79 Å². The van der Waals surface area contributed by atoms with Gasteiger partial charge in [0.25, 0.3) is 0 Å².